The molecule has 33 heavy (non-hydrogen) atoms. The summed E-state index contributed by atoms with van der Waals surface area (Å²) in [6.07, 6.45) is 1.48. The molecule has 0 spiro atoms. The molecule has 1 N–H and O–H groups in total. The fourth-order valence-electron chi connectivity index (χ4n) is 3.15. The van der Waals surface area contributed by atoms with Gasteiger partial charge < -0.3 is 4.90 Å². The summed E-state index contributed by atoms with van der Waals surface area (Å²) in [6.45, 7) is 0.0666. The molecule has 2 aromatic heterocycles. The highest BCUT2D eigenvalue weighted by atomic mass is 35.5. The minimum Gasteiger partial charge on any atom is -0.330 e. The van der Waals surface area contributed by atoms with Crippen LogP contribution in [0.5, 0.6) is 0 Å². The Kier molecular flexibility index (Phi) is 6.52. The number of aromatic amines is 1. The number of halogens is 4. The molecule has 1 amide bonds. The molecule has 2 heterocycles. The van der Waals surface area contributed by atoms with Crippen LogP contribution in [-0.4, -0.2) is 25.9 Å². The summed E-state index contributed by atoms with van der Waals surface area (Å²) in [5.41, 5.74) is 1.36. The molecule has 0 saturated carbocycles. The van der Waals surface area contributed by atoms with Gasteiger partial charge in [-0.15, -0.1) is 0 Å². The van der Waals surface area contributed by atoms with Gasteiger partial charge in [0.25, 0.3) is 5.91 Å². The monoisotopic (exact) mass is 490 g/mol. The number of H-pyrrole nitrogens is 1. The first-order valence-corrected chi connectivity index (χ1v) is 10.3. The lowest BCUT2D eigenvalue weighted by Gasteiger charge is -2.24. The topological polar surface area (TPSA) is 92.1 Å². The number of benzene rings is 2. The molecule has 2 aromatic carbocycles. The number of carbonyl (C=O) groups excluding carboxylic acids is 1. The van der Waals surface area contributed by atoms with Gasteiger partial charge in [0.2, 0.25) is 5.82 Å². The Morgan fingerprint density at radius 1 is 1.06 bits per heavy atom. The van der Waals surface area contributed by atoms with Gasteiger partial charge in [-0.05, 0) is 35.4 Å². The van der Waals surface area contributed by atoms with Crippen molar-refractivity contribution in [1.82, 2.24) is 20.0 Å². The van der Waals surface area contributed by atoms with Gasteiger partial charge in [-0.1, -0.05) is 46.6 Å². The van der Waals surface area contributed by atoms with Crippen LogP contribution in [0.1, 0.15) is 21.5 Å². The molecule has 7 nitrogen and oxygen atoms in total. The van der Waals surface area contributed by atoms with E-state index in [1.165, 1.54) is 11.1 Å². The fourth-order valence-corrected chi connectivity index (χ4v) is 3.53. The molecule has 0 aliphatic carbocycles. The number of nitrogens with zero attached hydrogens (tertiary/aromatic N) is 3. The minimum atomic E-state index is -0.869. The SMILES string of the molecule is O=C(c1cc(F)cc(F)c1)N(Cc1ccc(-c2noc(=O)[nH]2)nc1)Cc1cccc(Cl)c1Cl. The van der Waals surface area contributed by atoms with E-state index in [-0.39, 0.29) is 29.5 Å². The van der Waals surface area contributed by atoms with Crippen molar-refractivity contribution in [3.8, 4) is 11.5 Å². The standard InChI is InChI=1S/C22H14Cl2F2N4O3/c23-17-3-1-2-13(19(17)24)11-30(21(31)14-6-15(25)8-16(26)7-14)10-12-4-5-18(27-9-12)20-28-22(32)33-29-20/h1-9H,10-11H2,(H,28,29,32). The number of pyridine rings is 1. The molecule has 0 atom stereocenters. The largest absolute Gasteiger partial charge is 0.439 e. The van der Waals surface area contributed by atoms with Crippen molar-refractivity contribution < 1.29 is 18.1 Å². The van der Waals surface area contributed by atoms with Gasteiger partial charge in [0.15, 0.2) is 0 Å². The van der Waals surface area contributed by atoms with E-state index in [4.69, 9.17) is 23.2 Å². The second-order valence-electron chi connectivity index (χ2n) is 7.03. The number of rotatable bonds is 6. The summed E-state index contributed by atoms with van der Waals surface area (Å²) < 4.78 is 31.9. The molecule has 168 valence electrons. The van der Waals surface area contributed by atoms with Crippen molar-refractivity contribution in [3.63, 3.8) is 0 Å². The lowest BCUT2D eigenvalue weighted by atomic mass is 10.1. The second kappa shape index (κ2) is 9.51. The third-order valence-corrected chi connectivity index (χ3v) is 5.53. The number of hydrogen-bond acceptors (Lipinski definition) is 5. The molecule has 0 aliphatic heterocycles. The molecule has 0 aliphatic rings. The van der Waals surface area contributed by atoms with Gasteiger partial charge in [-0.25, -0.2) is 13.6 Å². The van der Waals surface area contributed by atoms with Crippen LogP contribution in [0.15, 0.2) is 64.0 Å². The fraction of sp³-hybridized carbons (Fsp3) is 0.0909. The Bertz CT molecular complexity index is 1350. The summed E-state index contributed by atoms with van der Waals surface area (Å²) in [5, 5.41) is 4.15. The van der Waals surface area contributed by atoms with Crippen molar-refractivity contribution >= 4 is 29.1 Å². The predicted octanol–water partition coefficient (Wildman–Crippen LogP) is 4.85. The molecule has 11 heteroatoms. The number of amides is 1. The predicted molar refractivity (Wildman–Crippen MR) is 117 cm³/mol. The van der Waals surface area contributed by atoms with Gasteiger partial charge in [0, 0.05) is 30.9 Å². The van der Waals surface area contributed by atoms with Gasteiger partial charge in [0.05, 0.1) is 10.0 Å². The quantitative estimate of drug-likeness (QED) is 0.416. The van der Waals surface area contributed by atoms with Crippen LogP contribution in [0.2, 0.25) is 10.0 Å². The summed E-state index contributed by atoms with van der Waals surface area (Å²) in [5.74, 6) is -2.92. The first kappa shape index (κ1) is 22.6. The number of carbonyl (C=O) groups is 1. The van der Waals surface area contributed by atoms with E-state index in [0.717, 1.165) is 12.1 Å². The molecular weight excluding hydrogens is 477 g/mol. The van der Waals surface area contributed by atoms with E-state index in [9.17, 15) is 18.4 Å². The van der Waals surface area contributed by atoms with E-state index in [1.807, 2.05) is 0 Å². The van der Waals surface area contributed by atoms with Crippen LogP contribution in [0.25, 0.3) is 11.5 Å². The van der Waals surface area contributed by atoms with Crippen molar-refractivity contribution in [2.24, 2.45) is 0 Å². The highest BCUT2D eigenvalue weighted by Gasteiger charge is 2.20. The summed E-state index contributed by atoms with van der Waals surface area (Å²) in [4.78, 5) is 32.3. The lowest BCUT2D eigenvalue weighted by Crippen LogP contribution is -2.30. The Morgan fingerprint density at radius 2 is 1.82 bits per heavy atom. The van der Waals surface area contributed by atoms with Crippen LogP contribution in [0.4, 0.5) is 8.78 Å². The molecule has 0 bridgehead atoms. The third-order valence-electron chi connectivity index (χ3n) is 4.67. The zero-order valence-corrected chi connectivity index (χ0v) is 18.2. The maximum absolute atomic E-state index is 13.7. The molecule has 0 unspecified atom stereocenters. The van der Waals surface area contributed by atoms with Gasteiger partial charge in [-0.3, -0.25) is 19.3 Å². The molecule has 4 rings (SSSR count). The van der Waals surface area contributed by atoms with Crippen LogP contribution in [0.3, 0.4) is 0 Å². The lowest BCUT2D eigenvalue weighted by molar-refractivity contribution is 0.0729. The summed E-state index contributed by atoms with van der Waals surface area (Å²) >= 11 is 12.4. The van der Waals surface area contributed by atoms with E-state index < -0.39 is 23.3 Å². The third kappa shape index (κ3) is 5.27. The van der Waals surface area contributed by atoms with E-state index in [2.05, 4.69) is 19.6 Å². The van der Waals surface area contributed by atoms with Crippen LogP contribution in [0, 0.1) is 11.6 Å². The average Bonchev–Trinajstić information content (AvgIpc) is 3.22. The number of hydrogen-bond donors (Lipinski definition) is 1. The first-order chi connectivity index (χ1) is 15.8. The molecular formula is C22H14Cl2F2N4O3. The molecule has 0 radical (unpaired) electrons. The Morgan fingerprint density at radius 3 is 2.45 bits per heavy atom. The summed E-state index contributed by atoms with van der Waals surface area (Å²) in [7, 11) is 0. The maximum Gasteiger partial charge on any atom is 0.439 e. The Hall–Kier alpha value is -3.56. The van der Waals surface area contributed by atoms with Crippen LogP contribution >= 0.6 is 23.2 Å². The Balaban J connectivity index is 1.65. The van der Waals surface area contributed by atoms with E-state index >= 15 is 0 Å². The highest BCUT2D eigenvalue weighted by Crippen LogP contribution is 2.27. The average molecular weight is 491 g/mol. The highest BCUT2D eigenvalue weighted by molar-refractivity contribution is 6.42. The second-order valence-corrected chi connectivity index (χ2v) is 7.81. The van der Waals surface area contributed by atoms with Crippen molar-refractivity contribution in [2.75, 3.05) is 0 Å². The van der Waals surface area contributed by atoms with Gasteiger partial charge in [0.1, 0.15) is 17.3 Å². The van der Waals surface area contributed by atoms with Crippen LogP contribution in [-0.2, 0) is 13.1 Å². The molecule has 4 aromatic rings. The van der Waals surface area contributed by atoms with E-state index in [0.29, 0.717) is 27.9 Å². The smallest absolute Gasteiger partial charge is 0.330 e. The molecule has 0 fully saturated rings. The van der Waals surface area contributed by atoms with Gasteiger partial charge in [-0.2, -0.15) is 0 Å². The summed E-state index contributed by atoms with van der Waals surface area (Å²) in [6, 6.07) is 10.8. The Labute approximate surface area is 195 Å². The number of aromatic nitrogens is 3. The first-order valence-electron chi connectivity index (χ1n) is 9.49. The normalized spacial score (nSPS) is 10.9. The van der Waals surface area contributed by atoms with Gasteiger partial charge >= 0.3 is 5.76 Å². The maximum atomic E-state index is 13.7. The van der Waals surface area contributed by atoms with Crippen molar-refractivity contribution in [3.05, 3.63) is 104 Å². The van der Waals surface area contributed by atoms with E-state index in [1.54, 1.807) is 30.3 Å². The zero-order valence-electron chi connectivity index (χ0n) is 16.7. The molecule has 0 saturated heterocycles. The van der Waals surface area contributed by atoms with Crippen molar-refractivity contribution in [1.29, 1.82) is 0 Å². The van der Waals surface area contributed by atoms with Crippen molar-refractivity contribution in [2.45, 2.75) is 13.1 Å². The number of nitrogens with one attached hydrogen (secondary N) is 1. The minimum absolute atomic E-state index is 0.0225. The zero-order chi connectivity index (χ0) is 23.5. The van der Waals surface area contributed by atoms with Crippen LogP contribution < -0.4 is 5.76 Å².